The maximum absolute atomic E-state index is 5.47. The fraction of sp³-hybridized carbons (Fsp3) is 0. The lowest BCUT2D eigenvalue weighted by Gasteiger charge is -2.14. The SMILES string of the molecule is c1ccc(-c2nc(-c3ccc4c5ccccc5n(-c5ccccc5)c4c3)nc(-n3c4ccccc4c4cc5c6ccccc6n(-c6cccc(-c7ccc8c9ccccc9c9ccccc9c8c7)c6)c5cc43)n2)cc1. The molecule has 348 valence electrons. The molecule has 0 aliphatic rings. The summed E-state index contributed by atoms with van der Waals surface area (Å²) in [4.78, 5) is 16.1. The summed E-state index contributed by atoms with van der Waals surface area (Å²) in [6.45, 7) is 0. The molecule has 0 aliphatic carbocycles. The van der Waals surface area contributed by atoms with Crippen LogP contribution >= 0.6 is 0 Å². The van der Waals surface area contributed by atoms with Crippen LogP contribution in [0.1, 0.15) is 0 Å². The molecule has 16 rings (SSSR count). The number of benzene rings is 12. The second kappa shape index (κ2) is 16.2. The molecule has 0 N–H and O–H groups in total. The lowest BCUT2D eigenvalue weighted by molar-refractivity contribution is 0.953. The van der Waals surface area contributed by atoms with Crippen molar-refractivity contribution in [3.05, 3.63) is 255 Å². The topological polar surface area (TPSA) is 53.5 Å². The third kappa shape index (κ3) is 6.30. The quantitative estimate of drug-likeness (QED) is 0.156. The molecule has 6 heteroatoms. The van der Waals surface area contributed by atoms with Crippen LogP contribution in [-0.4, -0.2) is 28.7 Å². The lowest BCUT2D eigenvalue weighted by atomic mass is 9.92. The van der Waals surface area contributed by atoms with Gasteiger partial charge in [0, 0.05) is 54.8 Å². The average molecular weight is 955 g/mol. The summed E-state index contributed by atoms with van der Waals surface area (Å²) in [6, 6.07) is 91.7. The summed E-state index contributed by atoms with van der Waals surface area (Å²) in [5.41, 5.74) is 12.8. The Hall–Kier alpha value is -10.2. The van der Waals surface area contributed by atoms with Crippen molar-refractivity contribution < 1.29 is 0 Å². The zero-order valence-electron chi connectivity index (χ0n) is 40.4. The molecule has 0 atom stereocenters. The largest absolute Gasteiger partial charge is 0.309 e. The van der Waals surface area contributed by atoms with Gasteiger partial charge in [-0.05, 0) is 110 Å². The van der Waals surface area contributed by atoms with Crippen molar-refractivity contribution in [3.63, 3.8) is 0 Å². The fourth-order valence-corrected chi connectivity index (χ4v) is 12.1. The van der Waals surface area contributed by atoms with Crippen LogP contribution in [0.5, 0.6) is 0 Å². The Morgan fingerprint density at radius 1 is 0.200 bits per heavy atom. The van der Waals surface area contributed by atoms with Gasteiger partial charge in [-0.3, -0.25) is 4.57 Å². The smallest absolute Gasteiger partial charge is 0.238 e. The van der Waals surface area contributed by atoms with Crippen molar-refractivity contribution in [3.8, 4) is 51.2 Å². The molecule has 16 aromatic rings. The monoisotopic (exact) mass is 954 g/mol. The number of nitrogens with zero attached hydrogens (tertiary/aromatic N) is 6. The van der Waals surface area contributed by atoms with Gasteiger partial charge in [0.25, 0.3) is 0 Å². The van der Waals surface area contributed by atoms with E-state index >= 15 is 0 Å². The minimum atomic E-state index is 0.550. The van der Waals surface area contributed by atoms with E-state index in [1.54, 1.807) is 0 Å². The van der Waals surface area contributed by atoms with E-state index < -0.39 is 0 Å². The molecule has 6 nitrogen and oxygen atoms in total. The first-order chi connectivity index (χ1) is 37.2. The molecule has 0 bridgehead atoms. The van der Waals surface area contributed by atoms with Gasteiger partial charge in [-0.2, -0.15) is 9.97 Å². The van der Waals surface area contributed by atoms with Crippen LogP contribution < -0.4 is 0 Å². The Morgan fingerprint density at radius 2 is 0.613 bits per heavy atom. The number of fused-ring (bicyclic) bond motifs is 15. The minimum absolute atomic E-state index is 0.550. The number of hydrogen-bond acceptors (Lipinski definition) is 3. The molecular weight excluding hydrogens is 913 g/mol. The molecule has 4 aromatic heterocycles. The summed E-state index contributed by atoms with van der Waals surface area (Å²) >= 11 is 0. The summed E-state index contributed by atoms with van der Waals surface area (Å²) in [6.07, 6.45) is 0. The molecule has 12 aromatic carbocycles. The van der Waals surface area contributed by atoms with Gasteiger partial charge >= 0.3 is 0 Å². The Bertz CT molecular complexity index is 4970. The third-order valence-corrected chi connectivity index (χ3v) is 15.4. The van der Waals surface area contributed by atoms with Crippen LogP contribution in [-0.2, 0) is 0 Å². The summed E-state index contributed by atoms with van der Waals surface area (Å²) in [5.74, 6) is 1.75. The van der Waals surface area contributed by atoms with Gasteiger partial charge in [0.2, 0.25) is 5.95 Å². The van der Waals surface area contributed by atoms with Crippen molar-refractivity contribution in [2.24, 2.45) is 0 Å². The average Bonchev–Trinajstić information content (AvgIpc) is 4.18. The number of rotatable bonds is 6. The Balaban J connectivity index is 0.915. The fourth-order valence-electron chi connectivity index (χ4n) is 12.1. The van der Waals surface area contributed by atoms with Crippen molar-refractivity contribution in [1.29, 1.82) is 0 Å². The highest BCUT2D eigenvalue weighted by Crippen LogP contribution is 2.42. The van der Waals surface area contributed by atoms with E-state index in [0.29, 0.717) is 17.6 Å². The highest BCUT2D eigenvalue weighted by Gasteiger charge is 2.23. The zero-order valence-corrected chi connectivity index (χ0v) is 40.4. The highest BCUT2D eigenvalue weighted by atomic mass is 15.2. The van der Waals surface area contributed by atoms with Gasteiger partial charge in [0.15, 0.2) is 11.6 Å². The zero-order chi connectivity index (χ0) is 49.1. The summed E-state index contributed by atoms with van der Waals surface area (Å²) < 4.78 is 7.00. The van der Waals surface area contributed by atoms with E-state index in [4.69, 9.17) is 15.0 Å². The van der Waals surface area contributed by atoms with Gasteiger partial charge in [-0.25, -0.2) is 4.98 Å². The molecule has 0 saturated carbocycles. The lowest BCUT2D eigenvalue weighted by Crippen LogP contribution is -2.06. The third-order valence-electron chi connectivity index (χ3n) is 15.4. The highest BCUT2D eigenvalue weighted by molar-refractivity contribution is 6.26. The maximum atomic E-state index is 5.47. The molecule has 4 heterocycles. The van der Waals surface area contributed by atoms with Gasteiger partial charge in [-0.1, -0.05) is 188 Å². The Kier molecular flexibility index (Phi) is 8.94. The molecule has 0 saturated heterocycles. The molecule has 0 spiro atoms. The molecule has 0 aliphatic heterocycles. The maximum Gasteiger partial charge on any atom is 0.238 e. The summed E-state index contributed by atoms with van der Waals surface area (Å²) in [5, 5.41) is 14.6. The first kappa shape index (κ1) is 41.4. The van der Waals surface area contributed by atoms with Crippen LogP contribution in [0.15, 0.2) is 255 Å². The van der Waals surface area contributed by atoms with Crippen molar-refractivity contribution in [2.75, 3.05) is 0 Å². The van der Waals surface area contributed by atoms with E-state index in [-0.39, 0.29) is 0 Å². The van der Waals surface area contributed by atoms with Crippen molar-refractivity contribution in [2.45, 2.75) is 0 Å². The van der Waals surface area contributed by atoms with Crippen LogP contribution in [0.25, 0.3) is 149 Å². The van der Waals surface area contributed by atoms with E-state index in [1.807, 2.05) is 18.2 Å². The van der Waals surface area contributed by atoms with Crippen molar-refractivity contribution >= 4 is 97.7 Å². The summed E-state index contributed by atoms with van der Waals surface area (Å²) in [7, 11) is 0. The molecule has 75 heavy (non-hydrogen) atoms. The Labute approximate surface area is 430 Å². The standard InChI is InChI=1S/C69H42N6/c1-3-18-43(19-4-1)67-70-68(46-35-37-57-54-28-11-14-31-61(54)73(64(57)40-46)47-21-5-2-6-22-47)72-69(71-67)75-63-33-16-13-30-56(63)60-41-59-55-29-12-15-32-62(55)74(65(59)42-66(60)75)48-23-17-20-44(38-48)45-34-36-53-51-26-8-7-24-49(51)50-25-9-10-27-52(50)58(53)39-45/h1-42H. The van der Waals surface area contributed by atoms with Gasteiger partial charge in [0.1, 0.15) is 0 Å². The predicted octanol–water partition coefficient (Wildman–Crippen LogP) is 17.6. The van der Waals surface area contributed by atoms with Gasteiger partial charge < -0.3 is 9.13 Å². The molecule has 0 radical (unpaired) electrons. The van der Waals surface area contributed by atoms with Crippen LogP contribution in [0.2, 0.25) is 0 Å². The van der Waals surface area contributed by atoms with Crippen LogP contribution in [0.4, 0.5) is 0 Å². The van der Waals surface area contributed by atoms with E-state index in [1.165, 1.54) is 59.4 Å². The van der Waals surface area contributed by atoms with Crippen LogP contribution in [0, 0.1) is 0 Å². The Morgan fingerprint density at radius 3 is 1.27 bits per heavy atom. The second-order valence-corrected chi connectivity index (χ2v) is 19.6. The number of aromatic nitrogens is 6. The van der Waals surface area contributed by atoms with E-state index in [2.05, 4.69) is 250 Å². The van der Waals surface area contributed by atoms with Gasteiger partial charge in [-0.15, -0.1) is 0 Å². The van der Waals surface area contributed by atoms with Gasteiger partial charge in [0.05, 0.1) is 33.1 Å². The number of para-hydroxylation sites is 4. The molecule has 0 unspecified atom stereocenters. The van der Waals surface area contributed by atoms with Crippen LogP contribution in [0.3, 0.4) is 0 Å². The van der Waals surface area contributed by atoms with Crippen molar-refractivity contribution in [1.82, 2.24) is 28.7 Å². The predicted molar refractivity (Wildman–Crippen MR) is 312 cm³/mol. The van der Waals surface area contributed by atoms with E-state index in [0.717, 1.165) is 71.9 Å². The second-order valence-electron chi connectivity index (χ2n) is 19.6. The molecule has 0 amide bonds. The molecule has 0 fully saturated rings. The molecular formula is C69H42N6. The minimum Gasteiger partial charge on any atom is -0.309 e. The first-order valence-corrected chi connectivity index (χ1v) is 25.5. The normalized spacial score (nSPS) is 12.0. The van der Waals surface area contributed by atoms with E-state index in [9.17, 15) is 0 Å². The number of hydrogen-bond donors (Lipinski definition) is 0. The first-order valence-electron chi connectivity index (χ1n) is 25.5.